The summed E-state index contributed by atoms with van der Waals surface area (Å²) in [6, 6.07) is 1.91. The van der Waals surface area contributed by atoms with Crippen molar-refractivity contribution in [1.29, 1.82) is 0 Å². The van der Waals surface area contributed by atoms with Crippen molar-refractivity contribution in [1.82, 2.24) is 15.3 Å². The smallest absolute Gasteiger partial charge is 0.216 e. The SMILES string of the molecule is CCCNC(COC)c1cc(OC)ncn1. The van der Waals surface area contributed by atoms with Crippen molar-refractivity contribution in [2.24, 2.45) is 0 Å². The highest BCUT2D eigenvalue weighted by Crippen LogP contribution is 2.14. The lowest BCUT2D eigenvalue weighted by atomic mass is 10.2. The Hall–Kier alpha value is -1.20. The Morgan fingerprint density at radius 3 is 2.81 bits per heavy atom. The van der Waals surface area contributed by atoms with Crippen molar-refractivity contribution < 1.29 is 9.47 Å². The fourth-order valence-electron chi connectivity index (χ4n) is 1.39. The standard InChI is InChI=1S/C11H19N3O2/c1-4-5-12-10(7-15-2)9-6-11(16-3)14-8-13-9/h6,8,10,12H,4-5,7H2,1-3H3. The summed E-state index contributed by atoms with van der Waals surface area (Å²) in [7, 11) is 3.27. The van der Waals surface area contributed by atoms with E-state index in [-0.39, 0.29) is 6.04 Å². The van der Waals surface area contributed by atoms with Gasteiger partial charge in [0.2, 0.25) is 5.88 Å². The molecule has 0 radical (unpaired) electrons. The van der Waals surface area contributed by atoms with Crippen LogP contribution in [0.15, 0.2) is 12.4 Å². The molecule has 1 heterocycles. The van der Waals surface area contributed by atoms with E-state index in [1.54, 1.807) is 14.2 Å². The molecular weight excluding hydrogens is 206 g/mol. The quantitative estimate of drug-likeness (QED) is 0.755. The summed E-state index contributed by atoms with van der Waals surface area (Å²) in [6.07, 6.45) is 2.58. The number of rotatable bonds is 7. The van der Waals surface area contributed by atoms with Crippen LogP contribution in [-0.4, -0.2) is 37.3 Å². The van der Waals surface area contributed by atoms with E-state index in [2.05, 4.69) is 22.2 Å². The summed E-state index contributed by atoms with van der Waals surface area (Å²) >= 11 is 0. The molecule has 0 fully saturated rings. The van der Waals surface area contributed by atoms with Crippen LogP contribution >= 0.6 is 0 Å². The van der Waals surface area contributed by atoms with E-state index in [0.717, 1.165) is 18.7 Å². The van der Waals surface area contributed by atoms with Gasteiger partial charge in [-0.1, -0.05) is 6.92 Å². The van der Waals surface area contributed by atoms with E-state index in [1.807, 2.05) is 6.07 Å². The van der Waals surface area contributed by atoms with Crippen LogP contribution in [0.5, 0.6) is 5.88 Å². The number of nitrogens with one attached hydrogen (secondary N) is 1. The van der Waals surface area contributed by atoms with Crippen molar-refractivity contribution in [2.75, 3.05) is 27.4 Å². The molecule has 0 bridgehead atoms. The van der Waals surface area contributed by atoms with E-state index in [9.17, 15) is 0 Å². The maximum atomic E-state index is 5.17. The van der Waals surface area contributed by atoms with Gasteiger partial charge in [0.1, 0.15) is 6.33 Å². The van der Waals surface area contributed by atoms with E-state index in [4.69, 9.17) is 9.47 Å². The number of ether oxygens (including phenoxy) is 2. The minimum absolute atomic E-state index is 0.0850. The number of aromatic nitrogens is 2. The molecule has 1 aromatic heterocycles. The molecule has 5 nitrogen and oxygen atoms in total. The highest BCUT2D eigenvalue weighted by Gasteiger charge is 2.12. The van der Waals surface area contributed by atoms with Gasteiger partial charge in [-0.2, -0.15) is 0 Å². The fourth-order valence-corrected chi connectivity index (χ4v) is 1.39. The van der Waals surface area contributed by atoms with Crippen molar-refractivity contribution in [3.05, 3.63) is 18.1 Å². The highest BCUT2D eigenvalue weighted by molar-refractivity contribution is 5.16. The predicted molar refractivity (Wildman–Crippen MR) is 61.5 cm³/mol. The number of hydrogen-bond donors (Lipinski definition) is 1. The summed E-state index contributed by atoms with van der Waals surface area (Å²) in [5.74, 6) is 0.574. The third-order valence-electron chi connectivity index (χ3n) is 2.20. The maximum absolute atomic E-state index is 5.17. The van der Waals surface area contributed by atoms with Crippen molar-refractivity contribution in [2.45, 2.75) is 19.4 Å². The average molecular weight is 225 g/mol. The zero-order valence-electron chi connectivity index (χ0n) is 10.1. The Bertz CT molecular complexity index is 307. The Balaban J connectivity index is 2.73. The Labute approximate surface area is 96.2 Å². The first kappa shape index (κ1) is 12.9. The molecule has 0 amide bonds. The van der Waals surface area contributed by atoms with Crippen LogP contribution in [0.3, 0.4) is 0 Å². The first-order valence-corrected chi connectivity index (χ1v) is 5.40. The van der Waals surface area contributed by atoms with Crippen molar-refractivity contribution >= 4 is 0 Å². The minimum atomic E-state index is 0.0850. The molecule has 0 aliphatic rings. The van der Waals surface area contributed by atoms with Gasteiger partial charge >= 0.3 is 0 Å². The second kappa shape index (κ2) is 7.14. The van der Waals surface area contributed by atoms with Crippen LogP contribution in [0.25, 0.3) is 0 Å². The molecule has 1 aromatic rings. The van der Waals surface area contributed by atoms with Gasteiger partial charge in [0.15, 0.2) is 0 Å². The normalized spacial score (nSPS) is 12.4. The van der Waals surface area contributed by atoms with Gasteiger partial charge in [-0.25, -0.2) is 9.97 Å². The van der Waals surface area contributed by atoms with Crippen LogP contribution in [0.2, 0.25) is 0 Å². The van der Waals surface area contributed by atoms with Gasteiger partial charge in [-0.05, 0) is 13.0 Å². The first-order chi connectivity index (χ1) is 7.81. The Morgan fingerprint density at radius 2 is 2.19 bits per heavy atom. The van der Waals surface area contributed by atoms with Crippen molar-refractivity contribution in [3.8, 4) is 5.88 Å². The second-order valence-corrected chi connectivity index (χ2v) is 3.45. The lowest BCUT2D eigenvalue weighted by Gasteiger charge is -2.17. The summed E-state index contributed by atoms with van der Waals surface area (Å²) in [5, 5.41) is 3.37. The molecule has 0 aliphatic carbocycles. The van der Waals surface area contributed by atoms with Gasteiger partial charge < -0.3 is 14.8 Å². The topological polar surface area (TPSA) is 56.3 Å². The second-order valence-electron chi connectivity index (χ2n) is 3.45. The molecule has 5 heteroatoms. The van der Waals surface area contributed by atoms with Crippen LogP contribution in [-0.2, 0) is 4.74 Å². The van der Waals surface area contributed by atoms with E-state index in [1.165, 1.54) is 6.33 Å². The van der Waals surface area contributed by atoms with Gasteiger partial charge in [0, 0.05) is 13.2 Å². The Kier molecular flexibility index (Phi) is 5.74. The van der Waals surface area contributed by atoms with E-state index < -0.39 is 0 Å². The summed E-state index contributed by atoms with van der Waals surface area (Å²) < 4.78 is 10.2. The van der Waals surface area contributed by atoms with Gasteiger partial charge in [0.25, 0.3) is 0 Å². The molecule has 1 atom stereocenters. The van der Waals surface area contributed by atoms with E-state index in [0.29, 0.717) is 12.5 Å². The number of hydrogen-bond acceptors (Lipinski definition) is 5. The summed E-state index contributed by atoms with van der Waals surface area (Å²) in [6.45, 7) is 3.64. The van der Waals surface area contributed by atoms with Crippen LogP contribution in [0.4, 0.5) is 0 Å². The largest absolute Gasteiger partial charge is 0.481 e. The predicted octanol–water partition coefficient (Wildman–Crippen LogP) is 1.17. The number of methoxy groups -OCH3 is 2. The van der Waals surface area contributed by atoms with Gasteiger partial charge in [0.05, 0.1) is 25.5 Å². The van der Waals surface area contributed by atoms with Crippen molar-refractivity contribution in [3.63, 3.8) is 0 Å². The highest BCUT2D eigenvalue weighted by atomic mass is 16.5. The first-order valence-electron chi connectivity index (χ1n) is 5.40. The molecule has 0 aromatic carbocycles. The maximum Gasteiger partial charge on any atom is 0.216 e. The summed E-state index contributed by atoms with van der Waals surface area (Å²) in [4.78, 5) is 8.20. The monoisotopic (exact) mass is 225 g/mol. The lowest BCUT2D eigenvalue weighted by Crippen LogP contribution is -2.26. The summed E-state index contributed by atoms with van der Waals surface area (Å²) in [5.41, 5.74) is 0.891. The fraction of sp³-hybridized carbons (Fsp3) is 0.636. The third-order valence-corrected chi connectivity index (χ3v) is 2.20. The van der Waals surface area contributed by atoms with Gasteiger partial charge in [-0.3, -0.25) is 0 Å². The Morgan fingerprint density at radius 1 is 1.38 bits per heavy atom. The molecule has 1 unspecified atom stereocenters. The van der Waals surface area contributed by atoms with Crippen LogP contribution in [0.1, 0.15) is 25.1 Å². The molecule has 90 valence electrons. The molecule has 0 spiro atoms. The minimum Gasteiger partial charge on any atom is -0.481 e. The molecule has 0 aliphatic heterocycles. The van der Waals surface area contributed by atoms with Gasteiger partial charge in [-0.15, -0.1) is 0 Å². The molecular formula is C11H19N3O2. The molecule has 1 rings (SSSR count). The van der Waals surface area contributed by atoms with Crippen LogP contribution < -0.4 is 10.1 Å². The van der Waals surface area contributed by atoms with E-state index >= 15 is 0 Å². The lowest BCUT2D eigenvalue weighted by molar-refractivity contribution is 0.165. The molecule has 0 saturated heterocycles. The average Bonchev–Trinajstić information content (AvgIpc) is 2.34. The zero-order valence-corrected chi connectivity index (χ0v) is 10.1. The van der Waals surface area contributed by atoms with Crippen LogP contribution in [0, 0.1) is 0 Å². The zero-order chi connectivity index (χ0) is 11.8. The molecule has 16 heavy (non-hydrogen) atoms. The number of nitrogens with zero attached hydrogens (tertiary/aromatic N) is 2. The third kappa shape index (κ3) is 3.75. The molecule has 0 saturated carbocycles. The molecule has 1 N–H and O–H groups in total.